The summed E-state index contributed by atoms with van der Waals surface area (Å²) >= 11 is 0. The lowest BCUT2D eigenvalue weighted by molar-refractivity contribution is 0.403. The Labute approximate surface area is 173 Å². The zero-order valence-corrected chi connectivity index (χ0v) is 16.5. The zero-order chi connectivity index (χ0) is 20.5. The highest BCUT2D eigenvalue weighted by molar-refractivity contribution is 5.82. The van der Waals surface area contributed by atoms with Crippen LogP contribution in [0.2, 0.25) is 0 Å². The van der Waals surface area contributed by atoms with Gasteiger partial charge in [-0.25, -0.2) is 4.98 Å². The number of nitrogens with two attached hydrogens (primary N) is 1. The summed E-state index contributed by atoms with van der Waals surface area (Å²) in [5.41, 5.74) is 13.6. The van der Waals surface area contributed by atoms with Gasteiger partial charge < -0.3 is 26.9 Å². The van der Waals surface area contributed by atoms with Gasteiger partial charge in [0, 0.05) is 28.9 Å². The number of pyridine rings is 2. The first kappa shape index (κ1) is 18.5. The van der Waals surface area contributed by atoms with E-state index >= 15 is 0 Å². The van der Waals surface area contributed by atoms with E-state index < -0.39 is 0 Å². The molecule has 2 aromatic heterocycles. The molecule has 1 aliphatic carbocycles. The largest absolute Gasteiger partial charge is 0.493 e. The summed E-state index contributed by atoms with van der Waals surface area (Å²) in [5.74, 6) is 1.27. The highest BCUT2D eigenvalue weighted by atomic mass is 16.3. The predicted molar refractivity (Wildman–Crippen MR) is 119 cm³/mol. The van der Waals surface area contributed by atoms with E-state index in [0.29, 0.717) is 11.0 Å². The number of hydrogen-bond donors (Lipinski definition) is 6. The number of rotatable bonds is 4. The van der Waals surface area contributed by atoms with Crippen LogP contribution >= 0.6 is 0 Å². The first-order valence-corrected chi connectivity index (χ1v) is 10.3. The topological polar surface area (TPSA) is 120 Å². The van der Waals surface area contributed by atoms with E-state index in [1.165, 1.54) is 6.42 Å². The van der Waals surface area contributed by atoms with Crippen molar-refractivity contribution in [1.29, 1.82) is 0 Å². The minimum atomic E-state index is 0.0113. The second-order valence-corrected chi connectivity index (χ2v) is 7.82. The number of para-hydroxylation sites is 1. The van der Waals surface area contributed by atoms with Crippen LogP contribution in [0.5, 0.6) is 0 Å². The van der Waals surface area contributed by atoms with Gasteiger partial charge in [-0.05, 0) is 31.0 Å². The molecule has 7 N–H and O–H groups in total. The summed E-state index contributed by atoms with van der Waals surface area (Å²) in [6.07, 6.45) is 7.94. The lowest BCUT2D eigenvalue weighted by Gasteiger charge is -2.30. The molecule has 1 aliphatic heterocycles. The number of aliphatic hydroxyl groups is 1. The number of fused-ring (bicyclic) bond motifs is 2. The third-order valence-electron chi connectivity index (χ3n) is 5.71. The van der Waals surface area contributed by atoms with Crippen LogP contribution in [0.1, 0.15) is 25.7 Å². The van der Waals surface area contributed by atoms with Gasteiger partial charge in [0.2, 0.25) is 5.88 Å². The molecular weight excluding hydrogens is 378 g/mol. The molecule has 0 unspecified atom stereocenters. The SMILES string of the molecule is N[C@H]1CCCC[C@H]1Nc1cc2c(c(Nc3cnc4ccccc4c3)n1)=C(O)NNC=2. The van der Waals surface area contributed by atoms with E-state index in [0.717, 1.165) is 46.9 Å². The molecule has 1 aromatic carbocycles. The van der Waals surface area contributed by atoms with Crippen LogP contribution in [0.3, 0.4) is 0 Å². The number of anilines is 3. The summed E-state index contributed by atoms with van der Waals surface area (Å²) < 4.78 is 0. The lowest BCUT2D eigenvalue weighted by atomic mass is 9.91. The fourth-order valence-corrected chi connectivity index (χ4v) is 4.14. The summed E-state index contributed by atoms with van der Waals surface area (Å²) in [4.78, 5) is 9.27. The maximum absolute atomic E-state index is 10.4. The Morgan fingerprint density at radius 2 is 2.00 bits per heavy atom. The van der Waals surface area contributed by atoms with Gasteiger partial charge in [0.1, 0.15) is 11.6 Å². The third-order valence-corrected chi connectivity index (χ3v) is 5.71. The maximum atomic E-state index is 10.4. The van der Waals surface area contributed by atoms with Crippen LogP contribution in [-0.2, 0) is 0 Å². The second kappa shape index (κ2) is 7.72. The minimum Gasteiger partial charge on any atom is -0.493 e. The lowest BCUT2D eigenvalue weighted by Crippen LogP contribution is -2.46. The Bertz CT molecular complexity index is 1210. The van der Waals surface area contributed by atoms with Gasteiger partial charge in [-0.1, -0.05) is 31.0 Å². The Hall–Kier alpha value is -3.52. The second-order valence-electron chi connectivity index (χ2n) is 7.82. The first-order valence-electron chi connectivity index (χ1n) is 10.3. The molecule has 1 fully saturated rings. The van der Waals surface area contributed by atoms with Gasteiger partial charge in [0.25, 0.3) is 0 Å². The normalized spacial score (nSPS) is 20.5. The number of aliphatic hydroxyl groups excluding tert-OH is 1. The van der Waals surface area contributed by atoms with Gasteiger partial charge >= 0.3 is 0 Å². The van der Waals surface area contributed by atoms with Crippen molar-refractivity contribution in [2.45, 2.75) is 37.8 Å². The maximum Gasteiger partial charge on any atom is 0.215 e. The Morgan fingerprint density at radius 1 is 1.13 bits per heavy atom. The smallest absolute Gasteiger partial charge is 0.215 e. The van der Waals surface area contributed by atoms with Crippen molar-refractivity contribution in [1.82, 2.24) is 20.8 Å². The van der Waals surface area contributed by atoms with Gasteiger partial charge in [-0.15, -0.1) is 0 Å². The van der Waals surface area contributed by atoms with Gasteiger partial charge in [-0.3, -0.25) is 10.4 Å². The number of hydrazine groups is 1. The molecule has 1 saturated carbocycles. The summed E-state index contributed by atoms with van der Waals surface area (Å²) in [6.45, 7) is 0. The number of nitrogens with zero attached hydrogens (tertiary/aromatic N) is 2. The van der Waals surface area contributed by atoms with Crippen LogP contribution in [0, 0.1) is 0 Å². The van der Waals surface area contributed by atoms with Crippen molar-refractivity contribution < 1.29 is 5.11 Å². The summed E-state index contributed by atoms with van der Waals surface area (Å²) in [7, 11) is 0. The van der Waals surface area contributed by atoms with Gasteiger partial charge in [0.15, 0.2) is 0 Å². The van der Waals surface area contributed by atoms with Crippen LogP contribution in [-0.4, -0.2) is 27.2 Å². The van der Waals surface area contributed by atoms with Crippen LogP contribution < -0.4 is 37.7 Å². The van der Waals surface area contributed by atoms with Gasteiger partial charge in [-0.2, -0.15) is 0 Å². The minimum absolute atomic E-state index is 0.0113. The molecule has 8 nitrogen and oxygen atoms in total. The van der Waals surface area contributed by atoms with E-state index in [2.05, 4.69) is 26.5 Å². The fraction of sp³-hybridized carbons (Fsp3) is 0.273. The monoisotopic (exact) mass is 403 g/mol. The fourth-order valence-electron chi connectivity index (χ4n) is 4.14. The molecule has 0 radical (unpaired) electrons. The van der Waals surface area contributed by atoms with Crippen LogP contribution in [0.15, 0.2) is 42.6 Å². The number of benzene rings is 1. The van der Waals surface area contributed by atoms with E-state index in [9.17, 15) is 5.11 Å². The number of nitrogens with one attached hydrogen (secondary N) is 4. The van der Waals surface area contributed by atoms with Crippen molar-refractivity contribution in [3.63, 3.8) is 0 Å². The third kappa shape index (κ3) is 3.57. The molecule has 0 amide bonds. The zero-order valence-electron chi connectivity index (χ0n) is 16.5. The average molecular weight is 403 g/mol. The van der Waals surface area contributed by atoms with Crippen molar-refractivity contribution in [3.05, 3.63) is 53.0 Å². The molecule has 3 heterocycles. The van der Waals surface area contributed by atoms with E-state index in [-0.39, 0.29) is 18.0 Å². The number of hydrogen-bond acceptors (Lipinski definition) is 8. The van der Waals surface area contributed by atoms with Crippen molar-refractivity contribution in [3.8, 4) is 0 Å². The Kier molecular flexibility index (Phi) is 4.76. The highest BCUT2D eigenvalue weighted by Crippen LogP contribution is 2.21. The van der Waals surface area contributed by atoms with E-state index in [4.69, 9.17) is 10.7 Å². The molecule has 0 saturated heterocycles. The molecule has 0 bridgehead atoms. The van der Waals surface area contributed by atoms with E-state index in [1.807, 2.05) is 36.4 Å². The van der Waals surface area contributed by atoms with E-state index in [1.54, 1.807) is 12.4 Å². The highest BCUT2D eigenvalue weighted by Gasteiger charge is 2.22. The summed E-state index contributed by atoms with van der Waals surface area (Å²) in [6, 6.07) is 12.2. The number of aromatic nitrogens is 2. The Morgan fingerprint density at radius 3 is 2.90 bits per heavy atom. The van der Waals surface area contributed by atoms with Gasteiger partial charge in [0.05, 0.1) is 22.6 Å². The average Bonchev–Trinajstić information content (AvgIpc) is 2.75. The quantitative estimate of drug-likeness (QED) is 0.388. The molecule has 3 aromatic rings. The molecule has 2 atom stereocenters. The first-order chi connectivity index (χ1) is 14.7. The molecule has 0 spiro atoms. The summed E-state index contributed by atoms with van der Waals surface area (Å²) in [5, 5.41) is 19.7. The van der Waals surface area contributed by atoms with Crippen LogP contribution in [0.4, 0.5) is 17.3 Å². The molecule has 8 heteroatoms. The molecule has 5 rings (SSSR count). The van der Waals surface area contributed by atoms with Crippen molar-refractivity contribution in [2.24, 2.45) is 5.73 Å². The molecular formula is C22H25N7O. The van der Waals surface area contributed by atoms with Crippen LogP contribution in [0.25, 0.3) is 23.0 Å². The molecule has 30 heavy (non-hydrogen) atoms. The van der Waals surface area contributed by atoms with Crippen molar-refractivity contribution in [2.75, 3.05) is 10.6 Å². The molecule has 154 valence electrons. The standard InChI is InChI=1S/C22H25N7O/c23-16-6-2-4-8-18(16)27-19-10-14-11-25-29-22(30)20(14)21(28-19)26-15-9-13-5-1-3-7-17(13)24-12-15/h1,3,5,7,9-12,16,18,25,27,29-30H,2,4,6,8,23H2,(H,26,28)/t16-,18+/m0/s1. The Balaban J connectivity index is 1.54. The predicted octanol–water partition coefficient (Wildman–Crippen LogP) is 1.52. The molecule has 2 aliphatic rings. The van der Waals surface area contributed by atoms with Crippen molar-refractivity contribution >= 4 is 40.3 Å².